The Morgan fingerprint density at radius 3 is 2.89 bits per heavy atom. The Balaban J connectivity index is 1.91. The van der Waals surface area contributed by atoms with Crippen molar-refractivity contribution in [3.63, 3.8) is 0 Å². The maximum absolute atomic E-state index is 9.96. The Labute approximate surface area is 115 Å². The largest absolute Gasteiger partial charge is 0.389 e. The molecule has 2 aliphatic rings. The summed E-state index contributed by atoms with van der Waals surface area (Å²) in [5.41, 5.74) is 0.980. The molecule has 1 saturated heterocycles. The molecule has 0 radical (unpaired) electrons. The van der Waals surface area contributed by atoms with Gasteiger partial charge in [-0.25, -0.2) is 4.98 Å². The first-order chi connectivity index (χ1) is 9.27. The van der Waals surface area contributed by atoms with Crippen LogP contribution in [-0.2, 0) is 0 Å². The summed E-state index contributed by atoms with van der Waals surface area (Å²) in [6, 6.07) is 4.59. The summed E-state index contributed by atoms with van der Waals surface area (Å²) in [6.07, 6.45) is 9.45. The fourth-order valence-electron chi connectivity index (χ4n) is 3.86. The predicted octanol–water partition coefficient (Wildman–Crippen LogP) is 3.29. The molecular weight excluding hydrogens is 236 g/mol. The molecule has 1 saturated carbocycles. The van der Waals surface area contributed by atoms with Gasteiger partial charge in [0.25, 0.3) is 0 Å². The average molecular weight is 260 g/mol. The number of rotatable bonds is 2. The monoisotopic (exact) mass is 260 g/mol. The van der Waals surface area contributed by atoms with E-state index in [1.54, 1.807) is 0 Å². The zero-order chi connectivity index (χ0) is 13.2. The van der Waals surface area contributed by atoms with Gasteiger partial charge in [-0.15, -0.1) is 0 Å². The van der Waals surface area contributed by atoms with Crippen LogP contribution in [0.4, 0.5) is 5.82 Å². The lowest BCUT2D eigenvalue weighted by atomic mass is 9.78. The lowest BCUT2D eigenvalue weighted by molar-refractivity contribution is 0.197. The van der Waals surface area contributed by atoms with Crippen LogP contribution in [0, 0.1) is 5.92 Å². The first-order valence-corrected chi connectivity index (χ1v) is 7.67. The molecule has 3 heteroatoms. The number of hydrogen-bond donors (Lipinski definition) is 1. The van der Waals surface area contributed by atoms with Crippen molar-refractivity contribution >= 4 is 5.82 Å². The molecule has 0 spiro atoms. The van der Waals surface area contributed by atoms with E-state index < -0.39 is 6.10 Å². The van der Waals surface area contributed by atoms with E-state index in [1.807, 2.05) is 25.3 Å². The first kappa shape index (κ1) is 12.9. The second kappa shape index (κ2) is 5.49. The van der Waals surface area contributed by atoms with Gasteiger partial charge in [-0.2, -0.15) is 0 Å². The third kappa shape index (κ3) is 2.48. The minimum absolute atomic E-state index is 0.437. The highest BCUT2D eigenvalue weighted by Crippen LogP contribution is 2.38. The molecule has 2 fully saturated rings. The van der Waals surface area contributed by atoms with E-state index in [4.69, 9.17) is 0 Å². The van der Waals surface area contributed by atoms with Gasteiger partial charge in [0, 0.05) is 24.3 Å². The van der Waals surface area contributed by atoms with Gasteiger partial charge in [-0.05, 0) is 44.6 Å². The van der Waals surface area contributed by atoms with Crippen LogP contribution in [0.5, 0.6) is 0 Å². The van der Waals surface area contributed by atoms with E-state index in [-0.39, 0.29) is 0 Å². The summed E-state index contributed by atoms with van der Waals surface area (Å²) < 4.78 is 0. The van der Waals surface area contributed by atoms with Gasteiger partial charge in [0.05, 0.1) is 6.10 Å². The number of aliphatic hydroxyl groups is 1. The Kier molecular flexibility index (Phi) is 3.74. The zero-order valence-electron chi connectivity index (χ0n) is 11.8. The van der Waals surface area contributed by atoms with Gasteiger partial charge < -0.3 is 10.0 Å². The van der Waals surface area contributed by atoms with Crippen LogP contribution >= 0.6 is 0 Å². The smallest absolute Gasteiger partial charge is 0.134 e. The molecule has 0 aromatic carbocycles. The molecule has 3 atom stereocenters. The number of nitrogens with zero attached hydrogens (tertiary/aromatic N) is 2. The molecule has 3 nitrogen and oxygen atoms in total. The summed E-state index contributed by atoms with van der Waals surface area (Å²) in [6.45, 7) is 2.93. The quantitative estimate of drug-likeness (QED) is 0.886. The normalized spacial score (nSPS) is 28.8. The molecule has 104 valence electrons. The molecule has 1 aromatic rings. The average Bonchev–Trinajstić information content (AvgIpc) is 2.46. The third-order valence-electron chi connectivity index (χ3n) is 4.78. The highest BCUT2D eigenvalue weighted by molar-refractivity contribution is 5.49. The van der Waals surface area contributed by atoms with Crippen LogP contribution in [-0.4, -0.2) is 22.7 Å². The molecule has 1 aliphatic carbocycles. The minimum atomic E-state index is -0.437. The summed E-state index contributed by atoms with van der Waals surface area (Å²) in [5.74, 6) is 1.86. The van der Waals surface area contributed by atoms with Crippen LogP contribution in [0.2, 0.25) is 0 Å². The number of aromatic nitrogens is 1. The van der Waals surface area contributed by atoms with Gasteiger partial charge >= 0.3 is 0 Å². The molecule has 0 bridgehead atoms. The zero-order valence-corrected chi connectivity index (χ0v) is 11.8. The predicted molar refractivity (Wildman–Crippen MR) is 77.2 cm³/mol. The molecular formula is C16H24N2O. The van der Waals surface area contributed by atoms with E-state index in [1.165, 1.54) is 38.5 Å². The van der Waals surface area contributed by atoms with Crippen LogP contribution in [0.25, 0.3) is 0 Å². The minimum Gasteiger partial charge on any atom is -0.389 e. The standard InChI is InChI=1S/C16H24N2O/c1-12(19)14-8-4-10-17-16(14)18-11-5-7-13-6-2-3-9-15(13)18/h4,8,10,12-13,15,19H,2-3,5-7,9,11H2,1H3/t12-,13?,15?/m0/s1. The Morgan fingerprint density at radius 1 is 1.26 bits per heavy atom. The molecule has 2 unspecified atom stereocenters. The van der Waals surface area contributed by atoms with Crippen molar-refractivity contribution in [1.29, 1.82) is 0 Å². The maximum atomic E-state index is 9.96. The number of aliphatic hydroxyl groups excluding tert-OH is 1. The van der Waals surface area contributed by atoms with Crippen molar-refractivity contribution in [2.24, 2.45) is 5.92 Å². The van der Waals surface area contributed by atoms with Crippen LogP contribution in [0.1, 0.15) is 57.1 Å². The second-order valence-electron chi connectivity index (χ2n) is 6.04. The van der Waals surface area contributed by atoms with Crippen LogP contribution in [0.15, 0.2) is 18.3 Å². The second-order valence-corrected chi connectivity index (χ2v) is 6.04. The molecule has 19 heavy (non-hydrogen) atoms. The van der Waals surface area contributed by atoms with Gasteiger partial charge in [0.15, 0.2) is 0 Å². The van der Waals surface area contributed by atoms with Crippen molar-refractivity contribution < 1.29 is 5.11 Å². The molecule has 1 N–H and O–H groups in total. The highest BCUT2D eigenvalue weighted by atomic mass is 16.3. The van der Waals surface area contributed by atoms with Crippen molar-refractivity contribution in [3.8, 4) is 0 Å². The molecule has 1 aliphatic heterocycles. The van der Waals surface area contributed by atoms with E-state index in [2.05, 4.69) is 9.88 Å². The summed E-state index contributed by atoms with van der Waals surface area (Å²) in [5, 5.41) is 9.96. The molecule has 3 rings (SSSR count). The van der Waals surface area contributed by atoms with Crippen molar-refractivity contribution in [1.82, 2.24) is 4.98 Å². The van der Waals surface area contributed by atoms with E-state index in [0.717, 1.165) is 23.8 Å². The SMILES string of the molecule is C[C@H](O)c1cccnc1N1CCCC2CCCCC21. The van der Waals surface area contributed by atoms with Crippen LogP contribution < -0.4 is 4.90 Å². The third-order valence-corrected chi connectivity index (χ3v) is 4.78. The summed E-state index contributed by atoms with van der Waals surface area (Å²) in [4.78, 5) is 7.06. The van der Waals surface area contributed by atoms with Gasteiger partial charge in [0.2, 0.25) is 0 Å². The fourth-order valence-corrected chi connectivity index (χ4v) is 3.86. The summed E-state index contributed by atoms with van der Waals surface area (Å²) in [7, 11) is 0. The van der Waals surface area contributed by atoms with E-state index in [0.29, 0.717) is 6.04 Å². The number of anilines is 1. The Bertz CT molecular complexity index is 431. The molecule has 0 amide bonds. The molecule has 1 aromatic heterocycles. The van der Waals surface area contributed by atoms with Crippen LogP contribution in [0.3, 0.4) is 0 Å². The number of piperidine rings is 1. The lowest BCUT2D eigenvalue weighted by Crippen LogP contribution is -2.47. The molecule has 2 heterocycles. The van der Waals surface area contributed by atoms with Gasteiger partial charge in [-0.3, -0.25) is 0 Å². The van der Waals surface area contributed by atoms with Crippen molar-refractivity contribution in [2.75, 3.05) is 11.4 Å². The lowest BCUT2D eigenvalue weighted by Gasteiger charge is -2.45. The van der Waals surface area contributed by atoms with Crippen molar-refractivity contribution in [3.05, 3.63) is 23.9 Å². The number of pyridine rings is 1. The maximum Gasteiger partial charge on any atom is 0.134 e. The number of hydrogen-bond acceptors (Lipinski definition) is 3. The van der Waals surface area contributed by atoms with Gasteiger partial charge in [0.1, 0.15) is 5.82 Å². The Hall–Kier alpha value is -1.09. The topological polar surface area (TPSA) is 36.4 Å². The van der Waals surface area contributed by atoms with E-state index >= 15 is 0 Å². The fraction of sp³-hybridized carbons (Fsp3) is 0.688. The first-order valence-electron chi connectivity index (χ1n) is 7.67. The van der Waals surface area contributed by atoms with Gasteiger partial charge in [-0.1, -0.05) is 18.9 Å². The van der Waals surface area contributed by atoms with E-state index in [9.17, 15) is 5.11 Å². The van der Waals surface area contributed by atoms with Crippen molar-refractivity contribution in [2.45, 2.75) is 57.6 Å². The summed E-state index contributed by atoms with van der Waals surface area (Å²) >= 11 is 0. The number of fused-ring (bicyclic) bond motifs is 1. The Morgan fingerprint density at radius 2 is 2.05 bits per heavy atom. The highest BCUT2D eigenvalue weighted by Gasteiger charge is 2.34.